The van der Waals surface area contributed by atoms with E-state index in [9.17, 15) is 0 Å². The summed E-state index contributed by atoms with van der Waals surface area (Å²) in [7, 11) is 0. The van der Waals surface area contributed by atoms with Crippen molar-refractivity contribution < 1.29 is 0 Å². The first kappa shape index (κ1) is 16.2. The number of nitrogens with one attached hydrogen (secondary N) is 2. The van der Waals surface area contributed by atoms with Gasteiger partial charge in [0.25, 0.3) is 0 Å². The van der Waals surface area contributed by atoms with Gasteiger partial charge < -0.3 is 5.73 Å². The number of aryl methyl sites for hydroxylation is 1. The highest BCUT2D eigenvalue weighted by molar-refractivity contribution is 8.01. The van der Waals surface area contributed by atoms with E-state index < -0.39 is 0 Å². The summed E-state index contributed by atoms with van der Waals surface area (Å²) < 4.78 is 0. The zero-order chi connectivity index (χ0) is 13.1. The Morgan fingerprint density at radius 1 is 1.26 bits per heavy atom. The van der Waals surface area contributed by atoms with E-state index >= 15 is 0 Å². The second-order valence-corrected chi connectivity index (χ2v) is 5.64. The van der Waals surface area contributed by atoms with E-state index in [0.717, 1.165) is 18.6 Å². The van der Waals surface area contributed by atoms with Gasteiger partial charge in [0.05, 0.1) is 5.71 Å². The minimum absolute atomic E-state index is 0. The molecule has 0 saturated carbocycles. The van der Waals surface area contributed by atoms with Crippen LogP contribution in [0.3, 0.4) is 0 Å². The van der Waals surface area contributed by atoms with Crippen LogP contribution < -0.4 is 11.2 Å². The number of hydrogen-bond acceptors (Lipinski definition) is 4. The Morgan fingerprint density at radius 3 is 2.47 bits per heavy atom. The van der Waals surface area contributed by atoms with Crippen LogP contribution in [0.5, 0.6) is 0 Å². The standard InChI is InChI=1S/C12H16N4S2.ClH/c1-17-10-5-7-3-4-9(15-16-12(13)14)8(7)6-11(10)18-2;/h5-6H,3-4H2,1-2H3,(H4,13,14,16);1H. The van der Waals surface area contributed by atoms with Gasteiger partial charge in [-0.1, -0.05) is 0 Å². The van der Waals surface area contributed by atoms with Crippen LogP contribution in [0.1, 0.15) is 17.5 Å². The number of hydrazone groups is 1. The number of rotatable bonds is 3. The van der Waals surface area contributed by atoms with E-state index in [-0.39, 0.29) is 18.4 Å². The second kappa shape index (κ2) is 7.07. The Labute approximate surface area is 127 Å². The van der Waals surface area contributed by atoms with Crippen LogP contribution in [-0.4, -0.2) is 24.2 Å². The van der Waals surface area contributed by atoms with Crippen molar-refractivity contribution in [1.82, 2.24) is 5.43 Å². The lowest BCUT2D eigenvalue weighted by atomic mass is 10.1. The van der Waals surface area contributed by atoms with E-state index in [0.29, 0.717) is 0 Å². The molecule has 1 aromatic rings. The van der Waals surface area contributed by atoms with Crippen LogP contribution in [0.15, 0.2) is 27.0 Å². The van der Waals surface area contributed by atoms with Gasteiger partial charge in [-0.05, 0) is 43.0 Å². The first-order valence-electron chi connectivity index (χ1n) is 5.57. The molecule has 0 aromatic heterocycles. The SMILES string of the molecule is CSc1cc2c(cc1SC)C(=NNC(=N)N)CC2.Cl. The van der Waals surface area contributed by atoms with E-state index in [1.807, 2.05) is 0 Å². The van der Waals surface area contributed by atoms with Gasteiger partial charge in [-0.15, -0.1) is 35.9 Å². The van der Waals surface area contributed by atoms with Gasteiger partial charge in [0.1, 0.15) is 0 Å². The summed E-state index contributed by atoms with van der Waals surface area (Å²) in [4.78, 5) is 2.60. The predicted molar refractivity (Wildman–Crippen MR) is 87.2 cm³/mol. The average molecular weight is 317 g/mol. The lowest BCUT2D eigenvalue weighted by molar-refractivity contribution is 0.976. The Kier molecular flexibility index (Phi) is 6.03. The van der Waals surface area contributed by atoms with Crippen LogP contribution in [0, 0.1) is 5.41 Å². The van der Waals surface area contributed by atoms with Crippen LogP contribution in [0.4, 0.5) is 0 Å². The van der Waals surface area contributed by atoms with Gasteiger partial charge in [-0.3, -0.25) is 5.41 Å². The number of guanidine groups is 1. The molecule has 1 aromatic carbocycles. The highest BCUT2D eigenvalue weighted by atomic mass is 35.5. The van der Waals surface area contributed by atoms with Gasteiger partial charge >= 0.3 is 0 Å². The van der Waals surface area contributed by atoms with Gasteiger partial charge in [0, 0.05) is 15.4 Å². The zero-order valence-electron chi connectivity index (χ0n) is 10.8. The molecule has 4 nitrogen and oxygen atoms in total. The third kappa shape index (κ3) is 3.58. The molecule has 0 fully saturated rings. The summed E-state index contributed by atoms with van der Waals surface area (Å²) in [5, 5.41) is 11.3. The molecule has 2 rings (SSSR count). The maximum Gasteiger partial charge on any atom is 0.206 e. The summed E-state index contributed by atoms with van der Waals surface area (Å²) in [6, 6.07) is 4.45. The molecule has 0 heterocycles. The molecule has 0 unspecified atom stereocenters. The molecular formula is C12H17ClN4S2. The van der Waals surface area contributed by atoms with Crippen LogP contribution >= 0.6 is 35.9 Å². The number of thioether (sulfide) groups is 2. The first-order valence-corrected chi connectivity index (χ1v) is 8.02. The van der Waals surface area contributed by atoms with Crippen LogP contribution in [-0.2, 0) is 6.42 Å². The molecule has 0 aliphatic heterocycles. The number of nitrogens with two attached hydrogens (primary N) is 1. The fourth-order valence-corrected chi connectivity index (χ4v) is 3.54. The Bertz CT molecular complexity index is 517. The topological polar surface area (TPSA) is 74.3 Å². The van der Waals surface area contributed by atoms with Crippen molar-refractivity contribution in [2.75, 3.05) is 12.5 Å². The van der Waals surface area contributed by atoms with E-state index in [4.69, 9.17) is 11.1 Å². The maximum atomic E-state index is 7.14. The molecule has 19 heavy (non-hydrogen) atoms. The van der Waals surface area contributed by atoms with Crippen molar-refractivity contribution in [3.8, 4) is 0 Å². The molecule has 4 N–H and O–H groups in total. The average Bonchev–Trinajstić information content (AvgIpc) is 2.76. The molecule has 0 atom stereocenters. The number of benzene rings is 1. The lowest BCUT2D eigenvalue weighted by Gasteiger charge is -2.08. The molecule has 0 bridgehead atoms. The second-order valence-electron chi connectivity index (χ2n) is 3.95. The molecule has 0 spiro atoms. The molecule has 1 aliphatic rings. The van der Waals surface area contributed by atoms with Crippen LogP contribution in [0.25, 0.3) is 0 Å². The third-order valence-electron chi connectivity index (χ3n) is 2.86. The summed E-state index contributed by atoms with van der Waals surface area (Å²) in [5.41, 5.74) is 11.3. The first-order chi connectivity index (χ1) is 8.65. The Hall–Kier alpha value is -0.850. The van der Waals surface area contributed by atoms with Crippen molar-refractivity contribution in [2.24, 2.45) is 10.8 Å². The van der Waals surface area contributed by atoms with Gasteiger partial charge in [0.2, 0.25) is 5.96 Å². The van der Waals surface area contributed by atoms with Crippen molar-refractivity contribution in [3.05, 3.63) is 23.3 Å². The minimum atomic E-state index is -0.123. The summed E-state index contributed by atoms with van der Waals surface area (Å²) >= 11 is 3.52. The number of fused-ring (bicyclic) bond motifs is 1. The number of hydrogen-bond donors (Lipinski definition) is 3. The Balaban J connectivity index is 0.00000180. The van der Waals surface area contributed by atoms with Gasteiger partial charge in [-0.25, -0.2) is 5.43 Å². The van der Waals surface area contributed by atoms with Crippen molar-refractivity contribution >= 4 is 47.6 Å². The monoisotopic (exact) mass is 316 g/mol. The van der Waals surface area contributed by atoms with E-state index in [1.165, 1.54) is 20.9 Å². The largest absolute Gasteiger partial charge is 0.369 e. The van der Waals surface area contributed by atoms with Crippen molar-refractivity contribution in [1.29, 1.82) is 5.41 Å². The smallest absolute Gasteiger partial charge is 0.206 e. The highest BCUT2D eigenvalue weighted by Gasteiger charge is 2.20. The van der Waals surface area contributed by atoms with E-state index in [2.05, 4.69) is 35.2 Å². The van der Waals surface area contributed by atoms with Crippen LogP contribution in [0.2, 0.25) is 0 Å². The molecule has 0 radical (unpaired) electrons. The van der Waals surface area contributed by atoms with Gasteiger partial charge in [0.15, 0.2) is 0 Å². The Morgan fingerprint density at radius 2 is 1.89 bits per heavy atom. The number of halogens is 1. The minimum Gasteiger partial charge on any atom is -0.369 e. The third-order valence-corrected chi connectivity index (χ3v) is 4.55. The van der Waals surface area contributed by atoms with Gasteiger partial charge in [-0.2, -0.15) is 5.10 Å². The molecular weight excluding hydrogens is 300 g/mol. The molecule has 0 saturated heterocycles. The molecule has 7 heteroatoms. The zero-order valence-corrected chi connectivity index (χ0v) is 13.3. The quantitative estimate of drug-likeness (QED) is 0.347. The molecule has 1 aliphatic carbocycles. The summed E-state index contributed by atoms with van der Waals surface area (Å²) in [6.45, 7) is 0. The fraction of sp³-hybridized carbons (Fsp3) is 0.333. The molecule has 104 valence electrons. The predicted octanol–water partition coefficient (Wildman–Crippen LogP) is 2.69. The maximum absolute atomic E-state index is 7.14. The van der Waals surface area contributed by atoms with Crippen molar-refractivity contribution in [3.63, 3.8) is 0 Å². The summed E-state index contributed by atoms with van der Waals surface area (Å²) in [5.74, 6) is -0.123. The highest BCUT2D eigenvalue weighted by Crippen LogP contribution is 2.34. The van der Waals surface area contributed by atoms with Crippen molar-refractivity contribution in [2.45, 2.75) is 22.6 Å². The lowest BCUT2D eigenvalue weighted by Crippen LogP contribution is -2.26. The fourth-order valence-electron chi connectivity index (χ4n) is 2.03. The normalized spacial score (nSPS) is 14.9. The molecule has 0 amide bonds. The summed E-state index contributed by atoms with van der Waals surface area (Å²) in [6.07, 6.45) is 6.10. The van der Waals surface area contributed by atoms with E-state index in [1.54, 1.807) is 23.5 Å². The number of nitrogens with zero attached hydrogens (tertiary/aromatic N) is 1.